The van der Waals surface area contributed by atoms with Crippen LogP contribution in [0.1, 0.15) is 32.3 Å². The van der Waals surface area contributed by atoms with Gasteiger partial charge in [-0.2, -0.15) is 0 Å². The first-order valence-electron chi connectivity index (χ1n) is 8.10. The molecule has 3 nitrogen and oxygen atoms in total. The normalized spacial score (nSPS) is 17.1. The summed E-state index contributed by atoms with van der Waals surface area (Å²) >= 11 is 6.17. The van der Waals surface area contributed by atoms with Crippen molar-refractivity contribution >= 4 is 17.3 Å². The standard InChI is InChI=1S/C17H28ClN3/c1-4-19-13-14-12-15(18)6-7-17(14)20(3)16-8-10-21(5-2)11-9-16/h6-7,12,16,19H,4-5,8-11,13H2,1-3H3. The first-order chi connectivity index (χ1) is 10.2. The van der Waals surface area contributed by atoms with Gasteiger partial charge in [0.15, 0.2) is 0 Å². The smallest absolute Gasteiger partial charge is 0.0412 e. The maximum absolute atomic E-state index is 6.17. The Morgan fingerprint density at radius 1 is 1.29 bits per heavy atom. The molecule has 0 bridgehead atoms. The molecule has 0 atom stereocenters. The van der Waals surface area contributed by atoms with E-state index in [2.05, 4.69) is 48.1 Å². The average molecular weight is 310 g/mol. The van der Waals surface area contributed by atoms with E-state index in [1.807, 2.05) is 6.07 Å². The Balaban J connectivity index is 2.09. The topological polar surface area (TPSA) is 18.5 Å². The van der Waals surface area contributed by atoms with Crippen molar-refractivity contribution in [3.63, 3.8) is 0 Å². The van der Waals surface area contributed by atoms with Crippen LogP contribution in [-0.2, 0) is 6.54 Å². The van der Waals surface area contributed by atoms with Crippen LogP contribution in [0.3, 0.4) is 0 Å². The van der Waals surface area contributed by atoms with E-state index < -0.39 is 0 Å². The molecule has 1 heterocycles. The lowest BCUT2D eigenvalue weighted by atomic mass is 10.0. The number of nitrogens with zero attached hydrogens (tertiary/aromatic N) is 2. The van der Waals surface area contributed by atoms with E-state index in [1.54, 1.807) is 0 Å². The Labute approximate surface area is 134 Å². The molecule has 0 spiro atoms. The number of nitrogens with one attached hydrogen (secondary N) is 1. The van der Waals surface area contributed by atoms with Gasteiger partial charge >= 0.3 is 0 Å². The van der Waals surface area contributed by atoms with Crippen molar-refractivity contribution in [2.24, 2.45) is 0 Å². The monoisotopic (exact) mass is 309 g/mol. The van der Waals surface area contributed by atoms with Gasteiger partial charge in [0, 0.05) is 43.4 Å². The molecule has 2 rings (SSSR count). The zero-order valence-corrected chi connectivity index (χ0v) is 14.3. The van der Waals surface area contributed by atoms with Crippen LogP contribution < -0.4 is 10.2 Å². The molecule has 1 aliphatic rings. The van der Waals surface area contributed by atoms with Crippen LogP contribution in [-0.4, -0.2) is 44.2 Å². The highest BCUT2D eigenvalue weighted by atomic mass is 35.5. The largest absolute Gasteiger partial charge is 0.371 e. The van der Waals surface area contributed by atoms with Crippen LogP contribution in [0.25, 0.3) is 0 Å². The van der Waals surface area contributed by atoms with E-state index in [0.29, 0.717) is 6.04 Å². The number of anilines is 1. The maximum atomic E-state index is 6.17. The second-order valence-electron chi connectivity index (χ2n) is 5.83. The third-order valence-corrected chi connectivity index (χ3v) is 4.77. The van der Waals surface area contributed by atoms with Crippen molar-refractivity contribution in [3.8, 4) is 0 Å². The molecule has 0 aliphatic carbocycles. The first-order valence-corrected chi connectivity index (χ1v) is 8.47. The molecular formula is C17H28ClN3. The quantitative estimate of drug-likeness (QED) is 0.869. The third-order valence-electron chi connectivity index (χ3n) is 4.54. The summed E-state index contributed by atoms with van der Waals surface area (Å²) in [4.78, 5) is 4.99. The van der Waals surface area contributed by atoms with E-state index in [0.717, 1.165) is 18.1 Å². The zero-order valence-electron chi connectivity index (χ0n) is 13.5. The van der Waals surface area contributed by atoms with Gasteiger partial charge in [0.05, 0.1) is 0 Å². The highest BCUT2D eigenvalue weighted by molar-refractivity contribution is 6.30. The Hall–Kier alpha value is -0.770. The lowest BCUT2D eigenvalue weighted by molar-refractivity contribution is 0.221. The summed E-state index contributed by atoms with van der Waals surface area (Å²) in [7, 11) is 2.23. The Bertz CT molecular complexity index is 442. The average Bonchev–Trinajstić information content (AvgIpc) is 2.52. The molecule has 118 valence electrons. The van der Waals surface area contributed by atoms with Crippen molar-refractivity contribution < 1.29 is 0 Å². The van der Waals surface area contributed by atoms with Gasteiger partial charge < -0.3 is 15.1 Å². The van der Waals surface area contributed by atoms with Crippen molar-refractivity contribution in [1.29, 1.82) is 0 Å². The van der Waals surface area contributed by atoms with E-state index in [-0.39, 0.29) is 0 Å². The minimum atomic E-state index is 0.634. The van der Waals surface area contributed by atoms with Crippen LogP contribution in [0.4, 0.5) is 5.69 Å². The minimum absolute atomic E-state index is 0.634. The molecule has 0 amide bonds. The predicted molar refractivity (Wildman–Crippen MR) is 92.4 cm³/mol. The summed E-state index contributed by atoms with van der Waals surface area (Å²) in [6.45, 7) is 9.83. The van der Waals surface area contributed by atoms with Gasteiger partial charge in [0.25, 0.3) is 0 Å². The second-order valence-corrected chi connectivity index (χ2v) is 6.27. The fourth-order valence-corrected chi connectivity index (χ4v) is 3.31. The lowest BCUT2D eigenvalue weighted by Gasteiger charge is -2.38. The van der Waals surface area contributed by atoms with Crippen molar-refractivity contribution in [3.05, 3.63) is 28.8 Å². The van der Waals surface area contributed by atoms with Gasteiger partial charge in [-0.3, -0.25) is 0 Å². The molecule has 0 unspecified atom stereocenters. The Morgan fingerprint density at radius 2 is 2.00 bits per heavy atom. The van der Waals surface area contributed by atoms with Gasteiger partial charge in [-0.1, -0.05) is 25.4 Å². The molecule has 0 saturated carbocycles. The van der Waals surface area contributed by atoms with E-state index >= 15 is 0 Å². The number of likely N-dealkylation sites (tertiary alicyclic amines) is 1. The molecular weight excluding hydrogens is 282 g/mol. The van der Waals surface area contributed by atoms with Crippen molar-refractivity contribution in [1.82, 2.24) is 10.2 Å². The summed E-state index contributed by atoms with van der Waals surface area (Å²) < 4.78 is 0. The third kappa shape index (κ3) is 4.35. The fourth-order valence-electron chi connectivity index (χ4n) is 3.12. The van der Waals surface area contributed by atoms with Crippen molar-refractivity contribution in [2.45, 2.75) is 39.3 Å². The van der Waals surface area contributed by atoms with Crippen LogP contribution in [0, 0.1) is 0 Å². The van der Waals surface area contributed by atoms with E-state index in [4.69, 9.17) is 11.6 Å². The summed E-state index contributed by atoms with van der Waals surface area (Å²) in [5.41, 5.74) is 2.61. The van der Waals surface area contributed by atoms with Crippen molar-refractivity contribution in [2.75, 3.05) is 38.1 Å². The molecule has 0 radical (unpaired) electrons. The number of benzene rings is 1. The number of halogens is 1. The molecule has 1 aliphatic heterocycles. The molecule has 1 aromatic carbocycles. The summed E-state index contributed by atoms with van der Waals surface area (Å²) in [6, 6.07) is 6.90. The van der Waals surface area contributed by atoms with Gasteiger partial charge in [0.2, 0.25) is 0 Å². The highest BCUT2D eigenvalue weighted by Crippen LogP contribution is 2.28. The summed E-state index contributed by atoms with van der Waals surface area (Å²) in [5, 5.41) is 4.23. The molecule has 1 saturated heterocycles. The molecule has 1 N–H and O–H groups in total. The van der Waals surface area contributed by atoms with Crippen LogP contribution >= 0.6 is 11.6 Å². The highest BCUT2D eigenvalue weighted by Gasteiger charge is 2.23. The summed E-state index contributed by atoms with van der Waals surface area (Å²) in [6.07, 6.45) is 2.49. The number of hydrogen-bond donors (Lipinski definition) is 1. The number of hydrogen-bond acceptors (Lipinski definition) is 3. The second kappa shape index (κ2) is 8.02. The van der Waals surface area contributed by atoms with E-state index in [9.17, 15) is 0 Å². The van der Waals surface area contributed by atoms with Crippen LogP contribution in [0.5, 0.6) is 0 Å². The molecule has 1 fully saturated rings. The lowest BCUT2D eigenvalue weighted by Crippen LogP contribution is -2.43. The number of rotatable bonds is 6. The SMILES string of the molecule is CCNCc1cc(Cl)ccc1N(C)C1CCN(CC)CC1. The Morgan fingerprint density at radius 3 is 2.62 bits per heavy atom. The Kier molecular flexibility index (Phi) is 6.34. The van der Waals surface area contributed by atoms with Gasteiger partial charge in [0.1, 0.15) is 0 Å². The van der Waals surface area contributed by atoms with Crippen LogP contribution in [0.2, 0.25) is 5.02 Å². The van der Waals surface area contributed by atoms with Gasteiger partial charge in [-0.15, -0.1) is 0 Å². The number of piperidine rings is 1. The van der Waals surface area contributed by atoms with Gasteiger partial charge in [-0.05, 0) is 49.7 Å². The fraction of sp³-hybridized carbons (Fsp3) is 0.647. The molecule has 4 heteroatoms. The summed E-state index contributed by atoms with van der Waals surface area (Å²) in [5.74, 6) is 0. The minimum Gasteiger partial charge on any atom is -0.371 e. The predicted octanol–water partition coefficient (Wildman–Crippen LogP) is 3.37. The van der Waals surface area contributed by atoms with Crippen LogP contribution in [0.15, 0.2) is 18.2 Å². The molecule has 0 aromatic heterocycles. The zero-order chi connectivity index (χ0) is 15.2. The first kappa shape index (κ1) is 16.6. The maximum Gasteiger partial charge on any atom is 0.0412 e. The molecule has 1 aromatic rings. The molecule has 21 heavy (non-hydrogen) atoms. The van der Waals surface area contributed by atoms with Gasteiger partial charge in [-0.25, -0.2) is 0 Å². The van der Waals surface area contributed by atoms with E-state index in [1.165, 1.54) is 43.7 Å².